The Morgan fingerprint density at radius 1 is 1.07 bits per heavy atom. The summed E-state index contributed by atoms with van der Waals surface area (Å²) in [6, 6.07) is 10.3. The average Bonchev–Trinajstić information content (AvgIpc) is 2.63. The van der Waals surface area contributed by atoms with Gasteiger partial charge in [-0.05, 0) is 50.6 Å². The highest BCUT2D eigenvalue weighted by molar-refractivity contribution is 7.89. The Bertz CT molecular complexity index is 933. The third-order valence-corrected chi connectivity index (χ3v) is 6.26. The minimum Gasteiger partial charge on any atom is -0.507 e. The predicted molar refractivity (Wildman–Crippen MR) is 111 cm³/mol. The number of sulfonamides is 1. The Kier molecular flexibility index (Phi) is 6.62. The molecule has 0 unspecified atom stereocenters. The van der Waals surface area contributed by atoms with Crippen molar-refractivity contribution in [1.29, 1.82) is 0 Å². The first-order chi connectivity index (χ1) is 12.7. The Hall–Kier alpha value is -2.38. The van der Waals surface area contributed by atoms with Crippen molar-refractivity contribution in [2.75, 3.05) is 32.1 Å². The third kappa shape index (κ3) is 4.67. The summed E-state index contributed by atoms with van der Waals surface area (Å²) in [5.74, 6) is 0.137. The van der Waals surface area contributed by atoms with Crippen LogP contribution in [0.4, 0.5) is 11.4 Å². The largest absolute Gasteiger partial charge is 0.507 e. The summed E-state index contributed by atoms with van der Waals surface area (Å²) in [6.07, 6.45) is 1.55. The highest BCUT2D eigenvalue weighted by atomic mass is 32.2. The number of aliphatic imine (C=N–C) groups is 1. The molecule has 7 heteroatoms. The molecule has 0 spiro atoms. The second-order valence-corrected chi connectivity index (χ2v) is 8.56. The van der Waals surface area contributed by atoms with Gasteiger partial charge in [0, 0.05) is 50.7 Å². The molecule has 0 atom stereocenters. The van der Waals surface area contributed by atoms with Crippen LogP contribution in [0.15, 0.2) is 46.3 Å². The minimum atomic E-state index is -3.52. The van der Waals surface area contributed by atoms with Gasteiger partial charge in [0.2, 0.25) is 10.0 Å². The van der Waals surface area contributed by atoms with Crippen LogP contribution in [0.1, 0.15) is 25.0 Å². The Labute approximate surface area is 161 Å². The van der Waals surface area contributed by atoms with E-state index in [4.69, 9.17) is 0 Å². The van der Waals surface area contributed by atoms with E-state index in [-0.39, 0.29) is 10.6 Å². The highest BCUT2D eigenvalue weighted by Gasteiger charge is 2.18. The predicted octanol–water partition coefficient (Wildman–Crippen LogP) is 3.55. The molecule has 0 heterocycles. The van der Waals surface area contributed by atoms with Crippen molar-refractivity contribution in [3.05, 3.63) is 47.5 Å². The first kappa shape index (κ1) is 20.9. The van der Waals surface area contributed by atoms with Crippen LogP contribution < -0.4 is 4.90 Å². The number of aromatic hydroxyl groups is 1. The molecule has 0 bridgehead atoms. The summed E-state index contributed by atoms with van der Waals surface area (Å²) in [4.78, 5) is 6.73. The van der Waals surface area contributed by atoms with Crippen LogP contribution in [0.2, 0.25) is 0 Å². The lowest BCUT2D eigenvalue weighted by Crippen LogP contribution is -2.22. The number of rotatable bonds is 7. The standard InChI is InChI=1S/C20H27N3O3S/c1-6-23(7-2)17-10-9-16(20(24)12-17)14-21-19-13-18(11-8-15(19)3)27(25,26)22(4)5/h8-14,24H,6-7H2,1-5H3. The lowest BCUT2D eigenvalue weighted by molar-refractivity contribution is 0.474. The summed E-state index contributed by atoms with van der Waals surface area (Å²) in [5, 5.41) is 10.3. The third-order valence-electron chi connectivity index (χ3n) is 4.44. The number of anilines is 1. The molecule has 2 aromatic rings. The number of nitrogens with zero attached hydrogens (tertiary/aromatic N) is 3. The van der Waals surface area contributed by atoms with Gasteiger partial charge in [-0.25, -0.2) is 12.7 Å². The fourth-order valence-corrected chi connectivity index (χ4v) is 3.59. The number of hydrogen-bond donors (Lipinski definition) is 1. The molecular weight excluding hydrogens is 362 g/mol. The molecule has 0 aliphatic rings. The van der Waals surface area contributed by atoms with Gasteiger partial charge in [0.05, 0.1) is 10.6 Å². The Balaban J connectivity index is 2.36. The quantitative estimate of drug-likeness (QED) is 0.735. The SMILES string of the molecule is CCN(CC)c1ccc(C=Nc2cc(S(=O)(=O)N(C)C)ccc2C)c(O)c1. The lowest BCUT2D eigenvalue weighted by atomic mass is 10.1. The maximum absolute atomic E-state index is 12.3. The summed E-state index contributed by atoms with van der Waals surface area (Å²) < 4.78 is 25.8. The van der Waals surface area contributed by atoms with Crippen LogP contribution in [0.3, 0.4) is 0 Å². The van der Waals surface area contributed by atoms with Crippen LogP contribution >= 0.6 is 0 Å². The average molecular weight is 390 g/mol. The van der Waals surface area contributed by atoms with E-state index in [1.165, 1.54) is 18.4 Å². The number of phenols is 1. The van der Waals surface area contributed by atoms with Gasteiger partial charge >= 0.3 is 0 Å². The first-order valence-corrected chi connectivity index (χ1v) is 10.3. The zero-order chi connectivity index (χ0) is 20.2. The van der Waals surface area contributed by atoms with Crippen LogP contribution in [0, 0.1) is 6.92 Å². The molecule has 2 aromatic carbocycles. The van der Waals surface area contributed by atoms with Crippen molar-refractivity contribution >= 4 is 27.6 Å². The smallest absolute Gasteiger partial charge is 0.242 e. The summed E-state index contributed by atoms with van der Waals surface area (Å²) in [5.41, 5.74) is 2.92. The van der Waals surface area contributed by atoms with E-state index >= 15 is 0 Å². The number of phenolic OH excluding ortho intramolecular Hbond substituents is 1. The van der Waals surface area contributed by atoms with Crippen molar-refractivity contribution in [3.8, 4) is 5.75 Å². The van der Waals surface area contributed by atoms with Crippen molar-refractivity contribution in [3.63, 3.8) is 0 Å². The maximum Gasteiger partial charge on any atom is 0.242 e. The molecule has 146 valence electrons. The normalized spacial score (nSPS) is 12.1. The van der Waals surface area contributed by atoms with E-state index < -0.39 is 10.0 Å². The number of benzene rings is 2. The van der Waals surface area contributed by atoms with Gasteiger partial charge in [-0.15, -0.1) is 0 Å². The van der Waals surface area contributed by atoms with Crippen LogP contribution in [0.5, 0.6) is 5.75 Å². The molecule has 0 amide bonds. The van der Waals surface area contributed by atoms with Gasteiger partial charge in [0.1, 0.15) is 5.75 Å². The molecule has 0 saturated carbocycles. The minimum absolute atomic E-state index is 0.137. The summed E-state index contributed by atoms with van der Waals surface area (Å²) in [7, 11) is -0.536. The molecule has 0 fully saturated rings. The zero-order valence-corrected chi connectivity index (χ0v) is 17.3. The van der Waals surface area contributed by atoms with Crippen LogP contribution in [0.25, 0.3) is 0 Å². The van der Waals surface area contributed by atoms with Gasteiger partial charge in [0.25, 0.3) is 0 Å². The summed E-state index contributed by atoms with van der Waals surface area (Å²) >= 11 is 0. The highest BCUT2D eigenvalue weighted by Crippen LogP contribution is 2.27. The second kappa shape index (κ2) is 8.54. The van der Waals surface area contributed by atoms with Crippen molar-refractivity contribution in [2.24, 2.45) is 4.99 Å². The molecule has 1 N–H and O–H groups in total. The van der Waals surface area contributed by atoms with Crippen molar-refractivity contribution < 1.29 is 13.5 Å². The Morgan fingerprint density at radius 3 is 2.30 bits per heavy atom. The van der Waals surface area contributed by atoms with Gasteiger partial charge in [-0.2, -0.15) is 0 Å². The number of aryl methyl sites for hydroxylation is 1. The van der Waals surface area contributed by atoms with Crippen molar-refractivity contribution in [1.82, 2.24) is 4.31 Å². The number of hydrogen-bond acceptors (Lipinski definition) is 5. The molecule has 0 aromatic heterocycles. The van der Waals surface area contributed by atoms with E-state index in [0.717, 1.165) is 24.3 Å². The molecule has 0 aliphatic carbocycles. The first-order valence-electron chi connectivity index (χ1n) is 8.85. The topological polar surface area (TPSA) is 73.2 Å². The zero-order valence-electron chi connectivity index (χ0n) is 16.5. The Morgan fingerprint density at radius 2 is 1.74 bits per heavy atom. The van der Waals surface area contributed by atoms with Gasteiger partial charge in [-0.1, -0.05) is 6.07 Å². The maximum atomic E-state index is 12.3. The van der Waals surface area contributed by atoms with E-state index in [0.29, 0.717) is 11.3 Å². The van der Waals surface area contributed by atoms with E-state index in [1.54, 1.807) is 30.5 Å². The molecular formula is C20H27N3O3S. The molecule has 0 aliphatic heterocycles. The van der Waals surface area contributed by atoms with E-state index in [2.05, 4.69) is 23.7 Å². The fourth-order valence-electron chi connectivity index (χ4n) is 2.67. The molecule has 0 saturated heterocycles. The van der Waals surface area contributed by atoms with Gasteiger partial charge in [0.15, 0.2) is 0 Å². The molecule has 27 heavy (non-hydrogen) atoms. The van der Waals surface area contributed by atoms with Gasteiger partial charge in [-0.3, -0.25) is 4.99 Å². The van der Waals surface area contributed by atoms with E-state index in [1.807, 2.05) is 19.1 Å². The van der Waals surface area contributed by atoms with Gasteiger partial charge < -0.3 is 10.0 Å². The fraction of sp³-hybridized carbons (Fsp3) is 0.350. The monoisotopic (exact) mass is 389 g/mol. The van der Waals surface area contributed by atoms with E-state index in [9.17, 15) is 13.5 Å². The molecule has 2 rings (SSSR count). The van der Waals surface area contributed by atoms with Crippen molar-refractivity contribution in [2.45, 2.75) is 25.7 Å². The lowest BCUT2D eigenvalue weighted by Gasteiger charge is -2.21. The van der Waals surface area contributed by atoms with Crippen LogP contribution in [-0.2, 0) is 10.0 Å². The second-order valence-electron chi connectivity index (χ2n) is 6.41. The molecule has 6 nitrogen and oxygen atoms in total. The summed E-state index contributed by atoms with van der Waals surface area (Å²) in [6.45, 7) is 7.70. The molecule has 0 radical (unpaired) electrons. The van der Waals surface area contributed by atoms with Crippen LogP contribution in [-0.4, -0.2) is 51.2 Å².